The van der Waals surface area contributed by atoms with Gasteiger partial charge in [-0.3, -0.25) is 0 Å². The van der Waals surface area contributed by atoms with Crippen LogP contribution in [0.2, 0.25) is 5.02 Å². The number of anilines is 1. The van der Waals surface area contributed by atoms with Gasteiger partial charge in [-0.25, -0.2) is 0 Å². The standard InChI is InChI=1S/C14H14ClNO2/c15-11-3-5-12(6-4-11)16-14(9-17)10-1-7-13(18)8-2-10/h1-8,14,16-18H,9H2. The molecule has 0 amide bonds. The first-order valence-electron chi connectivity index (χ1n) is 5.61. The summed E-state index contributed by atoms with van der Waals surface area (Å²) in [5.41, 5.74) is 1.79. The van der Waals surface area contributed by atoms with Crippen molar-refractivity contribution in [2.45, 2.75) is 6.04 Å². The van der Waals surface area contributed by atoms with Crippen LogP contribution in [0.3, 0.4) is 0 Å². The number of aliphatic hydroxyl groups excluding tert-OH is 1. The number of benzene rings is 2. The van der Waals surface area contributed by atoms with Crippen LogP contribution < -0.4 is 5.32 Å². The van der Waals surface area contributed by atoms with E-state index in [4.69, 9.17) is 11.6 Å². The highest BCUT2D eigenvalue weighted by Gasteiger charge is 2.09. The monoisotopic (exact) mass is 263 g/mol. The fourth-order valence-corrected chi connectivity index (χ4v) is 1.81. The Labute approximate surface area is 111 Å². The molecule has 1 atom stereocenters. The highest BCUT2D eigenvalue weighted by Crippen LogP contribution is 2.22. The Hall–Kier alpha value is -1.71. The van der Waals surface area contributed by atoms with Crippen LogP contribution in [0.25, 0.3) is 0 Å². The Morgan fingerprint density at radius 1 is 1.00 bits per heavy atom. The van der Waals surface area contributed by atoms with Crippen LogP contribution in [0.4, 0.5) is 5.69 Å². The lowest BCUT2D eigenvalue weighted by Crippen LogP contribution is -2.14. The van der Waals surface area contributed by atoms with E-state index in [1.54, 1.807) is 36.4 Å². The first-order chi connectivity index (χ1) is 8.69. The van der Waals surface area contributed by atoms with Crippen LogP contribution in [-0.2, 0) is 0 Å². The molecule has 4 heteroatoms. The van der Waals surface area contributed by atoms with Crippen molar-refractivity contribution < 1.29 is 10.2 Å². The van der Waals surface area contributed by atoms with Gasteiger partial charge in [0.15, 0.2) is 0 Å². The predicted molar refractivity (Wildman–Crippen MR) is 73.0 cm³/mol. The maximum absolute atomic E-state index is 9.41. The minimum absolute atomic E-state index is 0.0343. The molecule has 0 aliphatic carbocycles. The van der Waals surface area contributed by atoms with Gasteiger partial charge in [0.25, 0.3) is 0 Å². The summed E-state index contributed by atoms with van der Waals surface area (Å²) in [5, 5.41) is 22.5. The van der Waals surface area contributed by atoms with Gasteiger partial charge in [0.2, 0.25) is 0 Å². The fraction of sp³-hybridized carbons (Fsp3) is 0.143. The van der Waals surface area contributed by atoms with Crippen molar-refractivity contribution in [2.75, 3.05) is 11.9 Å². The average Bonchev–Trinajstić information content (AvgIpc) is 2.39. The van der Waals surface area contributed by atoms with Crippen LogP contribution in [0.15, 0.2) is 48.5 Å². The molecule has 2 rings (SSSR count). The number of aliphatic hydroxyl groups is 1. The Morgan fingerprint density at radius 3 is 2.17 bits per heavy atom. The average molecular weight is 264 g/mol. The first-order valence-corrected chi connectivity index (χ1v) is 5.99. The van der Waals surface area contributed by atoms with Crippen molar-refractivity contribution in [3.8, 4) is 5.75 Å². The van der Waals surface area contributed by atoms with Gasteiger partial charge in [-0.15, -0.1) is 0 Å². The summed E-state index contributed by atoms with van der Waals surface area (Å²) in [6, 6.07) is 13.8. The molecule has 1 unspecified atom stereocenters. The Bertz CT molecular complexity index is 496. The lowest BCUT2D eigenvalue weighted by molar-refractivity contribution is 0.276. The van der Waals surface area contributed by atoms with E-state index in [9.17, 15) is 10.2 Å². The van der Waals surface area contributed by atoms with Crippen LogP contribution in [0.1, 0.15) is 11.6 Å². The van der Waals surface area contributed by atoms with Gasteiger partial charge in [-0.2, -0.15) is 0 Å². The number of aromatic hydroxyl groups is 1. The fourth-order valence-electron chi connectivity index (χ4n) is 1.69. The second kappa shape index (κ2) is 5.76. The van der Waals surface area contributed by atoms with E-state index >= 15 is 0 Å². The maximum atomic E-state index is 9.41. The zero-order valence-corrected chi connectivity index (χ0v) is 10.4. The highest BCUT2D eigenvalue weighted by atomic mass is 35.5. The van der Waals surface area contributed by atoms with Crippen LogP contribution in [-0.4, -0.2) is 16.8 Å². The summed E-state index contributed by atoms with van der Waals surface area (Å²) in [7, 11) is 0. The molecule has 0 aliphatic heterocycles. The second-order valence-electron chi connectivity index (χ2n) is 3.98. The van der Waals surface area contributed by atoms with E-state index in [1.165, 1.54) is 0 Å². The molecule has 0 saturated carbocycles. The summed E-state index contributed by atoms with van der Waals surface area (Å²) < 4.78 is 0. The van der Waals surface area contributed by atoms with Crippen LogP contribution >= 0.6 is 11.6 Å². The smallest absolute Gasteiger partial charge is 0.115 e. The lowest BCUT2D eigenvalue weighted by Gasteiger charge is -2.18. The van der Waals surface area contributed by atoms with Gasteiger partial charge in [0.1, 0.15) is 5.75 Å². The van der Waals surface area contributed by atoms with Crippen LogP contribution in [0, 0.1) is 0 Å². The molecule has 94 valence electrons. The van der Waals surface area contributed by atoms with Gasteiger partial charge in [-0.05, 0) is 42.0 Å². The zero-order valence-electron chi connectivity index (χ0n) is 9.68. The number of phenolic OH excluding ortho intramolecular Hbond substituents is 1. The quantitative estimate of drug-likeness (QED) is 0.794. The highest BCUT2D eigenvalue weighted by molar-refractivity contribution is 6.30. The van der Waals surface area contributed by atoms with Crippen molar-refractivity contribution in [1.29, 1.82) is 0 Å². The summed E-state index contributed by atoms with van der Waals surface area (Å²) >= 11 is 5.81. The molecule has 3 nitrogen and oxygen atoms in total. The van der Waals surface area contributed by atoms with Crippen molar-refractivity contribution in [1.82, 2.24) is 0 Å². The minimum Gasteiger partial charge on any atom is -0.508 e. The second-order valence-corrected chi connectivity index (χ2v) is 4.41. The van der Waals surface area contributed by atoms with Crippen molar-refractivity contribution in [3.05, 3.63) is 59.1 Å². The number of rotatable bonds is 4. The molecule has 2 aromatic rings. The minimum atomic E-state index is -0.216. The van der Waals surface area contributed by atoms with E-state index in [0.29, 0.717) is 5.02 Å². The van der Waals surface area contributed by atoms with Crippen molar-refractivity contribution in [2.24, 2.45) is 0 Å². The normalized spacial score (nSPS) is 12.1. The van der Waals surface area contributed by atoms with Gasteiger partial charge >= 0.3 is 0 Å². The SMILES string of the molecule is OCC(Nc1ccc(Cl)cc1)c1ccc(O)cc1. The molecule has 0 radical (unpaired) electrons. The number of hydrogen-bond acceptors (Lipinski definition) is 3. The molecular formula is C14H14ClNO2. The Morgan fingerprint density at radius 2 is 1.61 bits per heavy atom. The third-order valence-corrected chi connectivity index (χ3v) is 2.92. The summed E-state index contributed by atoms with van der Waals surface area (Å²) in [6.07, 6.45) is 0. The van der Waals surface area contributed by atoms with E-state index in [1.807, 2.05) is 12.1 Å². The molecule has 3 N–H and O–H groups in total. The summed E-state index contributed by atoms with van der Waals surface area (Å²) in [4.78, 5) is 0. The third kappa shape index (κ3) is 3.15. The molecule has 0 spiro atoms. The Balaban J connectivity index is 2.14. The topological polar surface area (TPSA) is 52.5 Å². The maximum Gasteiger partial charge on any atom is 0.115 e. The predicted octanol–water partition coefficient (Wildman–Crippen LogP) is 3.19. The lowest BCUT2D eigenvalue weighted by atomic mass is 10.1. The molecular weight excluding hydrogens is 250 g/mol. The third-order valence-electron chi connectivity index (χ3n) is 2.66. The van der Waals surface area contributed by atoms with Gasteiger partial charge in [0, 0.05) is 10.7 Å². The molecule has 18 heavy (non-hydrogen) atoms. The summed E-state index contributed by atoms with van der Waals surface area (Å²) in [5.74, 6) is 0.210. The summed E-state index contributed by atoms with van der Waals surface area (Å²) in [6.45, 7) is -0.0343. The Kier molecular flexibility index (Phi) is 4.07. The largest absolute Gasteiger partial charge is 0.508 e. The van der Waals surface area contributed by atoms with Crippen molar-refractivity contribution in [3.63, 3.8) is 0 Å². The van der Waals surface area contributed by atoms with Gasteiger partial charge < -0.3 is 15.5 Å². The first kappa shape index (κ1) is 12.7. The zero-order chi connectivity index (χ0) is 13.0. The van der Waals surface area contributed by atoms with E-state index in [2.05, 4.69) is 5.32 Å². The van der Waals surface area contributed by atoms with Gasteiger partial charge in [0.05, 0.1) is 12.6 Å². The molecule has 0 bridgehead atoms. The molecule has 2 aromatic carbocycles. The number of phenols is 1. The number of hydrogen-bond donors (Lipinski definition) is 3. The van der Waals surface area contributed by atoms with E-state index < -0.39 is 0 Å². The van der Waals surface area contributed by atoms with E-state index in [0.717, 1.165) is 11.3 Å². The van der Waals surface area contributed by atoms with Crippen molar-refractivity contribution >= 4 is 17.3 Å². The van der Waals surface area contributed by atoms with E-state index in [-0.39, 0.29) is 18.4 Å². The van der Waals surface area contributed by atoms with Crippen LogP contribution in [0.5, 0.6) is 5.75 Å². The molecule has 0 fully saturated rings. The molecule has 0 saturated heterocycles. The molecule has 0 aromatic heterocycles. The van der Waals surface area contributed by atoms with Gasteiger partial charge in [-0.1, -0.05) is 23.7 Å². The molecule has 0 aliphatic rings. The number of nitrogens with one attached hydrogen (secondary N) is 1. The molecule has 0 heterocycles. The number of halogens is 1.